The van der Waals surface area contributed by atoms with Gasteiger partial charge in [-0.3, -0.25) is 9.69 Å². The topological polar surface area (TPSA) is 36.4 Å². The summed E-state index contributed by atoms with van der Waals surface area (Å²) in [6.07, 6.45) is 0.899. The van der Waals surface area contributed by atoms with E-state index in [4.69, 9.17) is 0 Å². The van der Waals surface area contributed by atoms with Crippen LogP contribution in [0.1, 0.15) is 22.3 Å². The van der Waals surface area contributed by atoms with Gasteiger partial charge in [0.05, 0.1) is 10.6 Å². The second-order valence-electron chi connectivity index (χ2n) is 5.17. The number of carbonyl (C=O) groups excluding carboxylic acids is 1. The molecule has 0 N–H and O–H groups in total. The van der Waals surface area contributed by atoms with Crippen LogP contribution in [0.4, 0.5) is 0 Å². The summed E-state index contributed by atoms with van der Waals surface area (Å²) in [7, 11) is 0. The van der Waals surface area contributed by atoms with E-state index in [0.29, 0.717) is 0 Å². The number of aldehydes is 1. The van der Waals surface area contributed by atoms with Crippen LogP contribution in [0.25, 0.3) is 10.2 Å². The molecular formula is C15H19N3OS. The molecule has 0 atom stereocenters. The van der Waals surface area contributed by atoms with E-state index in [-0.39, 0.29) is 0 Å². The fraction of sp³-hybridized carbons (Fsp3) is 0.467. The number of hydrogen-bond acceptors (Lipinski definition) is 5. The minimum absolute atomic E-state index is 0.751. The SMILES string of the molecule is CCN1CCN(Cc2ccc3cc(C=O)sc3n2)CC1. The van der Waals surface area contributed by atoms with Crippen molar-refractivity contribution in [3.8, 4) is 0 Å². The van der Waals surface area contributed by atoms with Crippen molar-refractivity contribution in [3.05, 3.63) is 28.8 Å². The highest BCUT2D eigenvalue weighted by Gasteiger charge is 2.16. The molecule has 3 rings (SSSR count). The van der Waals surface area contributed by atoms with Gasteiger partial charge in [0.1, 0.15) is 4.83 Å². The monoisotopic (exact) mass is 289 g/mol. The molecule has 1 fully saturated rings. The van der Waals surface area contributed by atoms with Crippen LogP contribution in [0, 0.1) is 0 Å². The Balaban J connectivity index is 1.70. The van der Waals surface area contributed by atoms with Gasteiger partial charge >= 0.3 is 0 Å². The zero-order valence-corrected chi connectivity index (χ0v) is 12.5. The number of thiophene rings is 1. The molecule has 0 aromatic carbocycles. The summed E-state index contributed by atoms with van der Waals surface area (Å²) in [5, 5.41) is 1.07. The zero-order valence-electron chi connectivity index (χ0n) is 11.7. The van der Waals surface area contributed by atoms with Gasteiger partial charge in [-0.05, 0) is 18.7 Å². The molecule has 106 valence electrons. The standard InChI is InChI=1S/C15H19N3OS/c1-2-17-5-7-18(8-6-17)10-13-4-3-12-9-14(11-19)20-15(12)16-13/h3-4,9,11H,2,5-8,10H2,1H3. The molecule has 2 aromatic heterocycles. The summed E-state index contributed by atoms with van der Waals surface area (Å²) in [6, 6.07) is 6.06. The Morgan fingerprint density at radius 3 is 2.70 bits per heavy atom. The maximum absolute atomic E-state index is 10.8. The van der Waals surface area contributed by atoms with Gasteiger partial charge in [-0.2, -0.15) is 0 Å². The number of carbonyl (C=O) groups is 1. The summed E-state index contributed by atoms with van der Waals surface area (Å²) < 4.78 is 0. The van der Waals surface area contributed by atoms with E-state index < -0.39 is 0 Å². The molecule has 0 amide bonds. The Hall–Kier alpha value is -1.30. The van der Waals surface area contributed by atoms with Crippen LogP contribution in [0.2, 0.25) is 0 Å². The van der Waals surface area contributed by atoms with Crippen molar-refractivity contribution in [2.24, 2.45) is 0 Å². The highest BCUT2D eigenvalue weighted by atomic mass is 32.1. The average molecular weight is 289 g/mol. The highest BCUT2D eigenvalue weighted by Crippen LogP contribution is 2.23. The van der Waals surface area contributed by atoms with Crippen LogP contribution >= 0.6 is 11.3 Å². The number of fused-ring (bicyclic) bond motifs is 1. The number of nitrogens with zero attached hydrogens (tertiary/aromatic N) is 3. The van der Waals surface area contributed by atoms with Gasteiger partial charge in [-0.1, -0.05) is 13.0 Å². The van der Waals surface area contributed by atoms with Crippen LogP contribution in [-0.4, -0.2) is 53.8 Å². The number of rotatable bonds is 4. The lowest BCUT2D eigenvalue weighted by atomic mass is 10.2. The Bertz CT molecular complexity index is 602. The molecule has 5 heteroatoms. The number of aromatic nitrogens is 1. The van der Waals surface area contributed by atoms with E-state index in [0.717, 1.165) is 66.3 Å². The zero-order chi connectivity index (χ0) is 13.9. The molecule has 2 aromatic rings. The molecular weight excluding hydrogens is 270 g/mol. The first kappa shape index (κ1) is 13.7. The first-order valence-corrected chi connectivity index (χ1v) is 7.89. The summed E-state index contributed by atoms with van der Waals surface area (Å²) in [4.78, 5) is 22.1. The molecule has 1 saturated heterocycles. The third-order valence-corrected chi connectivity index (χ3v) is 4.84. The Morgan fingerprint density at radius 1 is 1.25 bits per heavy atom. The smallest absolute Gasteiger partial charge is 0.160 e. The largest absolute Gasteiger partial charge is 0.301 e. The molecule has 20 heavy (non-hydrogen) atoms. The first-order valence-electron chi connectivity index (χ1n) is 7.08. The van der Waals surface area contributed by atoms with Crippen molar-refractivity contribution in [3.63, 3.8) is 0 Å². The second kappa shape index (κ2) is 5.99. The molecule has 3 heterocycles. The fourth-order valence-corrected chi connectivity index (χ4v) is 3.48. The van der Waals surface area contributed by atoms with Crippen molar-refractivity contribution in [2.45, 2.75) is 13.5 Å². The van der Waals surface area contributed by atoms with Crippen molar-refractivity contribution in [1.29, 1.82) is 0 Å². The first-order chi connectivity index (χ1) is 9.78. The summed E-state index contributed by atoms with van der Waals surface area (Å²) >= 11 is 1.47. The average Bonchev–Trinajstić information content (AvgIpc) is 2.90. The van der Waals surface area contributed by atoms with Crippen LogP contribution in [0.5, 0.6) is 0 Å². The van der Waals surface area contributed by atoms with Crippen molar-refractivity contribution >= 4 is 27.8 Å². The molecule has 0 spiro atoms. The highest BCUT2D eigenvalue weighted by molar-refractivity contribution is 7.20. The van der Waals surface area contributed by atoms with Crippen molar-refractivity contribution < 1.29 is 4.79 Å². The van der Waals surface area contributed by atoms with Crippen molar-refractivity contribution in [2.75, 3.05) is 32.7 Å². The maximum atomic E-state index is 10.8. The van der Waals surface area contributed by atoms with Crippen molar-refractivity contribution in [1.82, 2.24) is 14.8 Å². The van der Waals surface area contributed by atoms with Gasteiger partial charge < -0.3 is 4.90 Å². The van der Waals surface area contributed by atoms with Gasteiger partial charge in [0.15, 0.2) is 6.29 Å². The lowest BCUT2D eigenvalue weighted by Crippen LogP contribution is -2.45. The van der Waals surface area contributed by atoms with Gasteiger partial charge in [0.2, 0.25) is 0 Å². The van der Waals surface area contributed by atoms with E-state index in [1.54, 1.807) is 0 Å². The molecule has 0 aliphatic carbocycles. The van der Waals surface area contributed by atoms with Gasteiger partial charge in [-0.15, -0.1) is 11.3 Å². The third-order valence-electron chi connectivity index (χ3n) is 3.87. The van der Waals surface area contributed by atoms with Gasteiger partial charge in [-0.25, -0.2) is 4.98 Å². The van der Waals surface area contributed by atoms with Gasteiger partial charge in [0, 0.05) is 38.1 Å². The molecule has 0 unspecified atom stereocenters. The maximum Gasteiger partial charge on any atom is 0.160 e. The molecule has 1 aliphatic rings. The quantitative estimate of drug-likeness (QED) is 0.809. The van der Waals surface area contributed by atoms with Crippen LogP contribution in [0.3, 0.4) is 0 Å². The lowest BCUT2D eigenvalue weighted by Gasteiger charge is -2.33. The summed E-state index contributed by atoms with van der Waals surface area (Å²) in [6.45, 7) is 8.77. The molecule has 1 aliphatic heterocycles. The Morgan fingerprint density at radius 2 is 2.00 bits per heavy atom. The third kappa shape index (κ3) is 2.90. The summed E-state index contributed by atoms with van der Waals surface area (Å²) in [5.74, 6) is 0. The van der Waals surface area contributed by atoms with Crippen LogP contribution < -0.4 is 0 Å². The minimum Gasteiger partial charge on any atom is -0.301 e. The molecule has 0 bridgehead atoms. The summed E-state index contributed by atoms with van der Waals surface area (Å²) in [5.41, 5.74) is 1.10. The molecule has 0 saturated carbocycles. The van der Waals surface area contributed by atoms with Crippen LogP contribution in [-0.2, 0) is 6.54 Å². The van der Waals surface area contributed by atoms with E-state index in [1.165, 1.54) is 11.3 Å². The normalized spacial score (nSPS) is 17.6. The van der Waals surface area contributed by atoms with Crippen LogP contribution in [0.15, 0.2) is 18.2 Å². The Labute approximate surface area is 123 Å². The number of likely N-dealkylation sites (N-methyl/N-ethyl adjacent to an activating group) is 1. The van der Waals surface area contributed by atoms with E-state index in [9.17, 15) is 4.79 Å². The predicted molar refractivity (Wildman–Crippen MR) is 82.4 cm³/mol. The number of pyridine rings is 1. The number of piperazine rings is 1. The number of hydrogen-bond donors (Lipinski definition) is 0. The fourth-order valence-electron chi connectivity index (χ4n) is 2.61. The predicted octanol–water partition coefficient (Wildman–Crippen LogP) is 2.25. The lowest BCUT2D eigenvalue weighted by molar-refractivity contribution is 0.112. The minimum atomic E-state index is 0.751. The van der Waals surface area contributed by atoms with Gasteiger partial charge in [0.25, 0.3) is 0 Å². The molecule has 0 radical (unpaired) electrons. The molecule has 4 nitrogen and oxygen atoms in total. The Kier molecular flexibility index (Phi) is 4.10. The van der Waals surface area contributed by atoms with E-state index >= 15 is 0 Å². The van der Waals surface area contributed by atoms with E-state index in [1.807, 2.05) is 6.07 Å². The second-order valence-corrected chi connectivity index (χ2v) is 6.24. The van der Waals surface area contributed by atoms with E-state index in [2.05, 4.69) is 33.8 Å².